The number of amides is 2. The Kier molecular flexibility index (Phi) is 8.38. The third kappa shape index (κ3) is 5.65. The van der Waals surface area contributed by atoms with E-state index in [-0.39, 0.29) is 23.1 Å². The van der Waals surface area contributed by atoms with Crippen LogP contribution in [0.15, 0.2) is 0 Å². The Morgan fingerprint density at radius 2 is 1.81 bits per heavy atom. The van der Waals surface area contributed by atoms with Gasteiger partial charge in [0.25, 0.3) is 0 Å². The first-order valence-electron chi connectivity index (χ1n) is 8.52. The smallest absolute Gasteiger partial charge is 0.243 e. The summed E-state index contributed by atoms with van der Waals surface area (Å²) in [7, 11) is 0. The number of likely N-dealkylation sites (tertiary alicyclic amines) is 1. The maximum Gasteiger partial charge on any atom is 0.243 e. The van der Waals surface area contributed by atoms with E-state index in [1.807, 2.05) is 13.8 Å². The van der Waals surface area contributed by atoms with E-state index < -0.39 is 0 Å². The Morgan fingerprint density at radius 3 is 2.33 bits per heavy atom. The molecule has 1 heterocycles. The van der Waals surface area contributed by atoms with Crippen LogP contribution in [0.25, 0.3) is 0 Å². The molecule has 122 valence electrons. The molecule has 4 heteroatoms. The number of thioether (sulfide) groups is 1. The van der Waals surface area contributed by atoms with E-state index in [1.54, 1.807) is 11.8 Å². The summed E-state index contributed by atoms with van der Waals surface area (Å²) < 4.78 is 0. The van der Waals surface area contributed by atoms with Crippen molar-refractivity contribution >= 4 is 23.6 Å². The van der Waals surface area contributed by atoms with E-state index >= 15 is 0 Å². The van der Waals surface area contributed by atoms with Crippen molar-refractivity contribution in [2.45, 2.75) is 95.6 Å². The molecule has 1 fully saturated rings. The Bertz CT molecular complexity index is 344. The molecule has 0 aromatic heterocycles. The number of carbonyl (C=O) groups excluding carboxylic acids is 2. The van der Waals surface area contributed by atoms with Crippen LogP contribution in [0, 0.1) is 0 Å². The van der Waals surface area contributed by atoms with E-state index in [9.17, 15) is 9.59 Å². The highest BCUT2D eigenvalue weighted by Crippen LogP contribution is 2.33. The van der Waals surface area contributed by atoms with Crippen LogP contribution in [0.3, 0.4) is 0 Å². The first-order valence-corrected chi connectivity index (χ1v) is 9.46. The number of rotatable bonds is 10. The van der Waals surface area contributed by atoms with E-state index in [1.165, 1.54) is 43.4 Å². The predicted octanol–water partition coefficient (Wildman–Crippen LogP) is 4.39. The van der Waals surface area contributed by atoms with Crippen LogP contribution in [-0.4, -0.2) is 33.3 Å². The molecular weight excluding hydrogens is 282 g/mol. The fraction of sp³-hybridized carbons (Fsp3) is 0.882. The van der Waals surface area contributed by atoms with Gasteiger partial charge in [-0.25, -0.2) is 0 Å². The molecule has 0 N–H and O–H groups in total. The van der Waals surface area contributed by atoms with Gasteiger partial charge in [-0.15, -0.1) is 11.8 Å². The molecule has 0 aromatic carbocycles. The summed E-state index contributed by atoms with van der Waals surface area (Å²) in [5, 5.41) is 0.376. The lowest BCUT2D eigenvalue weighted by atomic mass is 10.1. The summed E-state index contributed by atoms with van der Waals surface area (Å²) in [6.07, 6.45) is 9.10. The molecule has 1 saturated heterocycles. The zero-order valence-electron chi connectivity index (χ0n) is 14.1. The second-order valence-corrected chi connectivity index (χ2v) is 7.77. The van der Waals surface area contributed by atoms with Gasteiger partial charge in [-0.2, -0.15) is 0 Å². The average molecular weight is 314 g/mol. The standard InChI is InChI=1S/C17H31NO2S/c1-5-7-8-9-10-11-14(6-2)21-15-12-16(19)18(13(3)4)17(15)20/h13-15H,5-12H2,1-4H3. The molecule has 1 aliphatic heterocycles. The zero-order valence-corrected chi connectivity index (χ0v) is 14.9. The van der Waals surface area contributed by atoms with Gasteiger partial charge in [0, 0.05) is 17.7 Å². The maximum atomic E-state index is 12.3. The molecular formula is C17H31NO2S. The van der Waals surface area contributed by atoms with Crippen LogP contribution in [0.4, 0.5) is 0 Å². The molecule has 3 nitrogen and oxygen atoms in total. The van der Waals surface area contributed by atoms with Crippen LogP contribution >= 0.6 is 11.8 Å². The lowest BCUT2D eigenvalue weighted by Gasteiger charge is -2.21. The van der Waals surface area contributed by atoms with Crippen molar-refractivity contribution in [2.24, 2.45) is 0 Å². The summed E-state index contributed by atoms with van der Waals surface area (Å²) in [5.41, 5.74) is 0. The fourth-order valence-corrected chi connectivity index (χ4v) is 4.28. The Labute approximate surface area is 134 Å². The van der Waals surface area contributed by atoms with Crippen molar-refractivity contribution in [3.05, 3.63) is 0 Å². The summed E-state index contributed by atoms with van der Waals surface area (Å²) in [6.45, 7) is 8.24. The van der Waals surface area contributed by atoms with Gasteiger partial charge in [-0.3, -0.25) is 14.5 Å². The molecule has 2 amide bonds. The average Bonchev–Trinajstić information content (AvgIpc) is 2.71. The molecule has 1 rings (SSSR count). The molecule has 0 aromatic rings. The van der Waals surface area contributed by atoms with Gasteiger partial charge in [-0.1, -0.05) is 46.0 Å². The number of unbranched alkanes of at least 4 members (excludes halogenated alkanes) is 4. The van der Waals surface area contributed by atoms with Crippen molar-refractivity contribution in [3.63, 3.8) is 0 Å². The van der Waals surface area contributed by atoms with Crippen LogP contribution in [0.1, 0.15) is 79.1 Å². The fourth-order valence-electron chi connectivity index (χ4n) is 2.85. The highest BCUT2D eigenvalue weighted by atomic mass is 32.2. The second kappa shape index (κ2) is 9.50. The largest absolute Gasteiger partial charge is 0.279 e. The topological polar surface area (TPSA) is 37.4 Å². The molecule has 0 spiro atoms. The van der Waals surface area contributed by atoms with Crippen molar-refractivity contribution in [1.82, 2.24) is 4.90 Å². The third-order valence-electron chi connectivity index (χ3n) is 4.10. The molecule has 0 bridgehead atoms. The molecule has 2 unspecified atom stereocenters. The zero-order chi connectivity index (χ0) is 15.8. The van der Waals surface area contributed by atoms with Gasteiger partial charge in [0.1, 0.15) is 0 Å². The molecule has 2 atom stereocenters. The van der Waals surface area contributed by atoms with Gasteiger partial charge < -0.3 is 0 Å². The Balaban J connectivity index is 2.40. The minimum Gasteiger partial charge on any atom is -0.279 e. The van der Waals surface area contributed by atoms with Gasteiger partial charge in [0.2, 0.25) is 11.8 Å². The number of imide groups is 1. The number of carbonyl (C=O) groups is 2. The van der Waals surface area contributed by atoms with E-state index in [2.05, 4.69) is 13.8 Å². The van der Waals surface area contributed by atoms with E-state index in [0.717, 1.165) is 6.42 Å². The lowest BCUT2D eigenvalue weighted by Crippen LogP contribution is -2.37. The SMILES string of the molecule is CCCCCCCC(CC)SC1CC(=O)N(C(C)C)C1=O. The molecule has 1 aliphatic rings. The van der Waals surface area contributed by atoms with E-state index in [0.29, 0.717) is 11.7 Å². The molecule has 0 radical (unpaired) electrons. The molecule has 0 aliphatic carbocycles. The summed E-state index contributed by atoms with van der Waals surface area (Å²) in [4.78, 5) is 25.7. The summed E-state index contributed by atoms with van der Waals surface area (Å²) >= 11 is 1.74. The highest BCUT2D eigenvalue weighted by Gasteiger charge is 2.40. The van der Waals surface area contributed by atoms with Gasteiger partial charge in [0.15, 0.2) is 0 Å². The summed E-state index contributed by atoms with van der Waals surface area (Å²) in [6, 6.07) is -0.00952. The molecule has 0 saturated carbocycles. The lowest BCUT2D eigenvalue weighted by molar-refractivity contribution is -0.140. The molecule has 21 heavy (non-hydrogen) atoms. The van der Waals surface area contributed by atoms with Crippen LogP contribution < -0.4 is 0 Å². The van der Waals surface area contributed by atoms with Gasteiger partial charge >= 0.3 is 0 Å². The van der Waals surface area contributed by atoms with Crippen molar-refractivity contribution < 1.29 is 9.59 Å². The monoisotopic (exact) mass is 313 g/mol. The first kappa shape index (κ1) is 18.5. The third-order valence-corrected chi connectivity index (χ3v) is 5.75. The van der Waals surface area contributed by atoms with Gasteiger partial charge in [0.05, 0.1) is 5.25 Å². The van der Waals surface area contributed by atoms with E-state index in [4.69, 9.17) is 0 Å². The van der Waals surface area contributed by atoms with Crippen LogP contribution in [-0.2, 0) is 9.59 Å². The number of hydrogen-bond acceptors (Lipinski definition) is 3. The van der Waals surface area contributed by atoms with Crippen LogP contribution in [0.5, 0.6) is 0 Å². The second-order valence-electron chi connectivity index (χ2n) is 6.26. The van der Waals surface area contributed by atoms with Crippen LogP contribution in [0.2, 0.25) is 0 Å². The minimum absolute atomic E-state index is 0.00491. The Morgan fingerprint density at radius 1 is 1.14 bits per heavy atom. The number of nitrogens with zero attached hydrogens (tertiary/aromatic N) is 1. The van der Waals surface area contributed by atoms with Crippen molar-refractivity contribution in [2.75, 3.05) is 0 Å². The maximum absolute atomic E-state index is 12.3. The Hall–Kier alpha value is -0.510. The van der Waals surface area contributed by atoms with Crippen molar-refractivity contribution in [1.29, 1.82) is 0 Å². The predicted molar refractivity (Wildman–Crippen MR) is 90.4 cm³/mol. The van der Waals surface area contributed by atoms with Gasteiger partial charge in [-0.05, 0) is 26.7 Å². The van der Waals surface area contributed by atoms with Crippen molar-refractivity contribution in [3.8, 4) is 0 Å². The quantitative estimate of drug-likeness (QED) is 0.443. The normalized spacial score (nSPS) is 20.6. The summed E-state index contributed by atoms with van der Waals surface area (Å²) in [5.74, 6) is 0.0368. The minimum atomic E-state index is -0.138. The highest BCUT2D eigenvalue weighted by molar-refractivity contribution is 8.01. The number of hydrogen-bond donors (Lipinski definition) is 0. The first-order chi connectivity index (χ1) is 10.0.